The van der Waals surface area contributed by atoms with Crippen LogP contribution in [-0.4, -0.2) is 18.2 Å². The van der Waals surface area contributed by atoms with Gasteiger partial charge in [0.25, 0.3) is 0 Å². The third-order valence-corrected chi connectivity index (χ3v) is 3.98. The molecule has 0 atom stereocenters. The molecular formula is C14H13ClN2O2S. The molecular weight excluding hydrogens is 296 g/mol. The zero-order valence-electron chi connectivity index (χ0n) is 10.7. The van der Waals surface area contributed by atoms with Crippen molar-refractivity contribution in [1.29, 1.82) is 0 Å². The molecule has 20 heavy (non-hydrogen) atoms. The molecule has 0 radical (unpaired) electrons. The second-order valence-corrected chi connectivity index (χ2v) is 5.40. The van der Waals surface area contributed by atoms with E-state index < -0.39 is 0 Å². The fourth-order valence-corrected chi connectivity index (χ4v) is 2.96. The molecule has 3 N–H and O–H groups in total. The van der Waals surface area contributed by atoms with Crippen molar-refractivity contribution in [2.45, 2.75) is 9.79 Å². The second-order valence-electron chi connectivity index (χ2n) is 3.88. The minimum absolute atomic E-state index is 0.0103. The quantitative estimate of drug-likeness (QED) is 0.392. The lowest BCUT2D eigenvalue weighted by Gasteiger charge is -2.09. The standard InChI is InChI=1S/C14H13ClN2O2S/c1-19-12-4-2-3-5-13(12)20-9-6-7-10(11(15)8-9)14(16)17-18/h2-8,18H,1H3,(H2,16,17). The minimum atomic E-state index is -0.0103. The Hall–Kier alpha value is -1.85. The van der Waals surface area contributed by atoms with Crippen molar-refractivity contribution in [3.63, 3.8) is 0 Å². The topological polar surface area (TPSA) is 67.8 Å². The molecule has 0 aliphatic rings. The number of hydrogen-bond acceptors (Lipinski definition) is 4. The smallest absolute Gasteiger partial charge is 0.171 e. The van der Waals surface area contributed by atoms with E-state index in [1.807, 2.05) is 30.3 Å². The van der Waals surface area contributed by atoms with Crippen molar-refractivity contribution in [1.82, 2.24) is 0 Å². The fourth-order valence-electron chi connectivity index (χ4n) is 1.65. The zero-order chi connectivity index (χ0) is 14.5. The molecule has 0 saturated carbocycles. The monoisotopic (exact) mass is 308 g/mol. The number of amidine groups is 1. The molecule has 2 aromatic carbocycles. The first-order valence-electron chi connectivity index (χ1n) is 5.74. The van der Waals surface area contributed by atoms with Crippen molar-refractivity contribution in [3.05, 3.63) is 53.1 Å². The lowest BCUT2D eigenvalue weighted by molar-refractivity contribution is 0.318. The van der Waals surface area contributed by atoms with E-state index in [1.165, 1.54) is 11.8 Å². The number of methoxy groups -OCH3 is 1. The Morgan fingerprint density at radius 2 is 2.05 bits per heavy atom. The third-order valence-electron chi connectivity index (χ3n) is 2.62. The van der Waals surface area contributed by atoms with Crippen molar-refractivity contribution >= 4 is 29.2 Å². The summed E-state index contributed by atoms with van der Waals surface area (Å²) in [4.78, 5) is 1.93. The molecule has 2 rings (SSSR count). The van der Waals surface area contributed by atoms with Crippen LogP contribution in [-0.2, 0) is 0 Å². The van der Waals surface area contributed by atoms with Crippen LogP contribution in [0.1, 0.15) is 5.56 Å². The van der Waals surface area contributed by atoms with Gasteiger partial charge in [-0.25, -0.2) is 0 Å². The van der Waals surface area contributed by atoms with Gasteiger partial charge in [-0.15, -0.1) is 0 Å². The molecule has 0 bridgehead atoms. The summed E-state index contributed by atoms with van der Waals surface area (Å²) in [5.74, 6) is 0.790. The number of nitrogens with two attached hydrogens (primary N) is 1. The van der Waals surface area contributed by atoms with Gasteiger partial charge < -0.3 is 15.7 Å². The molecule has 0 fully saturated rings. The molecule has 104 valence electrons. The summed E-state index contributed by atoms with van der Waals surface area (Å²) in [6.45, 7) is 0. The zero-order valence-corrected chi connectivity index (χ0v) is 12.3. The van der Waals surface area contributed by atoms with Gasteiger partial charge in [-0.3, -0.25) is 0 Å². The van der Waals surface area contributed by atoms with E-state index in [0.717, 1.165) is 15.5 Å². The Kier molecular flexibility index (Phi) is 4.76. The lowest BCUT2D eigenvalue weighted by atomic mass is 10.2. The Morgan fingerprint density at radius 1 is 1.30 bits per heavy atom. The fraction of sp³-hybridized carbons (Fsp3) is 0.0714. The third kappa shape index (κ3) is 3.18. The van der Waals surface area contributed by atoms with Crippen LogP contribution >= 0.6 is 23.4 Å². The highest BCUT2D eigenvalue weighted by Crippen LogP contribution is 2.36. The lowest BCUT2D eigenvalue weighted by Crippen LogP contribution is -2.13. The van der Waals surface area contributed by atoms with Gasteiger partial charge in [0.1, 0.15) is 5.75 Å². The van der Waals surface area contributed by atoms with E-state index >= 15 is 0 Å². The predicted molar refractivity (Wildman–Crippen MR) is 81.1 cm³/mol. The molecule has 0 aliphatic carbocycles. The van der Waals surface area contributed by atoms with Crippen LogP contribution in [0.5, 0.6) is 5.75 Å². The molecule has 0 amide bonds. The van der Waals surface area contributed by atoms with Crippen LogP contribution in [0.4, 0.5) is 0 Å². The molecule has 0 spiro atoms. The van der Waals surface area contributed by atoms with Gasteiger partial charge in [0.05, 0.1) is 17.0 Å². The molecule has 0 aliphatic heterocycles. The highest BCUT2D eigenvalue weighted by atomic mass is 35.5. The van der Waals surface area contributed by atoms with E-state index in [-0.39, 0.29) is 5.84 Å². The summed E-state index contributed by atoms with van der Waals surface area (Å²) in [6, 6.07) is 13.1. The summed E-state index contributed by atoms with van der Waals surface area (Å²) in [5.41, 5.74) is 6.03. The highest BCUT2D eigenvalue weighted by Gasteiger charge is 2.09. The second kappa shape index (κ2) is 6.54. The maximum absolute atomic E-state index is 8.67. The largest absolute Gasteiger partial charge is 0.496 e. The van der Waals surface area contributed by atoms with Crippen LogP contribution in [0.2, 0.25) is 5.02 Å². The van der Waals surface area contributed by atoms with Gasteiger partial charge in [-0.05, 0) is 30.3 Å². The number of rotatable bonds is 4. The molecule has 6 heteroatoms. The predicted octanol–water partition coefficient (Wildman–Crippen LogP) is 3.59. The Labute approximate surface area is 126 Å². The number of nitrogens with zero attached hydrogens (tertiary/aromatic N) is 1. The number of ether oxygens (including phenoxy) is 1. The van der Waals surface area contributed by atoms with Crippen LogP contribution in [0, 0.1) is 0 Å². The van der Waals surface area contributed by atoms with Crippen molar-refractivity contribution in [3.8, 4) is 5.75 Å². The van der Waals surface area contributed by atoms with Crippen LogP contribution in [0.3, 0.4) is 0 Å². The molecule has 4 nitrogen and oxygen atoms in total. The summed E-state index contributed by atoms with van der Waals surface area (Å²) in [5, 5.41) is 12.0. The molecule has 0 heterocycles. The van der Waals surface area contributed by atoms with Crippen LogP contribution in [0.15, 0.2) is 57.4 Å². The maximum atomic E-state index is 8.67. The average molecular weight is 309 g/mol. The van der Waals surface area contributed by atoms with Crippen molar-refractivity contribution in [2.24, 2.45) is 10.9 Å². The van der Waals surface area contributed by atoms with E-state index in [9.17, 15) is 0 Å². The summed E-state index contributed by atoms with van der Waals surface area (Å²) < 4.78 is 5.30. The van der Waals surface area contributed by atoms with Gasteiger partial charge in [0, 0.05) is 10.5 Å². The number of benzene rings is 2. The van der Waals surface area contributed by atoms with E-state index in [4.69, 9.17) is 27.3 Å². The number of oxime groups is 1. The van der Waals surface area contributed by atoms with Gasteiger partial charge in [-0.1, -0.05) is 40.7 Å². The highest BCUT2D eigenvalue weighted by molar-refractivity contribution is 7.99. The number of hydrogen-bond donors (Lipinski definition) is 2. The summed E-state index contributed by atoms with van der Waals surface area (Å²) in [7, 11) is 1.63. The Balaban J connectivity index is 2.29. The molecule has 0 aromatic heterocycles. The summed E-state index contributed by atoms with van der Waals surface area (Å²) in [6.07, 6.45) is 0. The first-order chi connectivity index (χ1) is 9.65. The van der Waals surface area contributed by atoms with Crippen molar-refractivity contribution < 1.29 is 9.94 Å². The van der Waals surface area contributed by atoms with E-state index in [0.29, 0.717) is 10.6 Å². The molecule has 2 aromatic rings. The van der Waals surface area contributed by atoms with Gasteiger partial charge in [-0.2, -0.15) is 0 Å². The minimum Gasteiger partial charge on any atom is -0.496 e. The SMILES string of the molecule is COc1ccccc1Sc1ccc(C(N)=NO)c(Cl)c1. The van der Waals surface area contributed by atoms with Crippen LogP contribution in [0.25, 0.3) is 0 Å². The van der Waals surface area contributed by atoms with Crippen molar-refractivity contribution in [2.75, 3.05) is 7.11 Å². The average Bonchev–Trinajstić information content (AvgIpc) is 2.47. The van der Waals surface area contributed by atoms with Gasteiger partial charge in [0.2, 0.25) is 0 Å². The Bertz CT molecular complexity index is 647. The van der Waals surface area contributed by atoms with Gasteiger partial charge in [0.15, 0.2) is 5.84 Å². The maximum Gasteiger partial charge on any atom is 0.171 e. The molecule has 0 unspecified atom stereocenters. The number of para-hydroxylation sites is 1. The van der Waals surface area contributed by atoms with E-state index in [1.54, 1.807) is 19.2 Å². The first-order valence-corrected chi connectivity index (χ1v) is 6.93. The Morgan fingerprint density at radius 3 is 2.70 bits per heavy atom. The van der Waals surface area contributed by atoms with Gasteiger partial charge >= 0.3 is 0 Å². The number of halogens is 1. The first kappa shape index (κ1) is 14.6. The summed E-state index contributed by atoms with van der Waals surface area (Å²) >= 11 is 7.65. The molecule has 0 saturated heterocycles. The van der Waals surface area contributed by atoms with Crippen LogP contribution < -0.4 is 10.5 Å². The van der Waals surface area contributed by atoms with E-state index in [2.05, 4.69) is 5.16 Å². The normalized spacial score (nSPS) is 11.4.